The van der Waals surface area contributed by atoms with Crippen molar-refractivity contribution in [3.05, 3.63) is 24.0 Å². The minimum absolute atomic E-state index is 0.0814. The highest BCUT2D eigenvalue weighted by molar-refractivity contribution is 5.92. The van der Waals surface area contributed by atoms with Gasteiger partial charge in [-0.15, -0.1) is 0 Å². The molecule has 0 bridgehead atoms. The monoisotopic (exact) mass is 238 g/mol. The summed E-state index contributed by atoms with van der Waals surface area (Å²) >= 11 is 0. The maximum absolute atomic E-state index is 11.5. The molecule has 0 saturated heterocycles. The fourth-order valence-corrected chi connectivity index (χ4v) is 1.09. The minimum Gasteiger partial charge on any atom is -0.530 e. The topological polar surface area (TPSA) is 103 Å². The average Bonchev–Trinajstić information content (AvgIpc) is 2.34. The van der Waals surface area contributed by atoms with Crippen LogP contribution in [-0.2, 0) is 0 Å². The van der Waals surface area contributed by atoms with Crippen LogP contribution in [-0.4, -0.2) is 37.2 Å². The van der Waals surface area contributed by atoms with Crippen molar-refractivity contribution in [2.75, 3.05) is 20.2 Å². The van der Waals surface area contributed by atoms with E-state index in [1.165, 1.54) is 19.4 Å². The molecule has 7 heteroatoms. The Morgan fingerprint density at radius 1 is 1.41 bits per heavy atom. The lowest BCUT2D eigenvalue weighted by Crippen LogP contribution is -2.41. The Kier molecular flexibility index (Phi) is 4.74. The van der Waals surface area contributed by atoms with Gasteiger partial charge in [0.05, 0.1) is 7.11 Å². The molecule has 92 valence electrons. The van der Waals surface area contributed by atoms with Crippen molar-refractivity contribution in [2.45, 2.75) is 0 Å². The van der Waals surface area contributed by atoms with Crippen molar-refractivity contribution in [3.8, 4) is 5.75 Å². The summed E-state index contributed by atoms with van der Waals surface area (Å²) in [6.07, 6.45) is 0.0754. The van der Waals surface area contributed by atoms with E-state index in [0.29, 0.717) is 5.75 Å². The molecular weight excluding hydrogens is 226 g/mol. The molecule has 0 atom stereocenters. The van der Waals surface area contributed by atoms with Crippen molar-refractivity contribution >= 4 is 12.0 Å². The third kappa shape index (κ3) is 4.37. The van der Waals surface area contributed by atoms with Gasteiger partial charge in [-0.05, 0) is 6.07 Å². The second kappa shape index (κ2) is 6.31. The molecule has 0 aliphatic carbocycles. The van der Waals surface area contributed by atoms with Crippen LogP contribution in [0.2, 0.25) is 0 Å². The molecule has 1 aromatic heterocycles. The van der Waals surface area contributed by atoms with E-state index in [0.717, 1.165) is 0 Å². The zero-order valence-corrected chi connectivity index (χ0v) is 9.23. The van der Waals surface area contributed by atoms with E-state index in [2.05, 4.69) is 10.3 Å². The molecule has 0 unspecified atom stereocenters. The van der Waals surface area contributed by atoms with Crippen LogP contribution in [0.15, 0.2) is 18.3 Å². The maximum Gasteiger partial charge on any atom is 0.270 e. The number of rotatable bonds is 5. The molecule has 0 aliphatic heterocycles. The van der Waals surface area contributed by atoms with Crippen molar-refractivity contribution in [1.29, 1.82) is 0 Å². The molecule has 0 radical (unpaired) electrons. The van der Waals surface area contributed by atoms with Gasteiger partial charge in [0.1, 0.15) is 17.5 Å². The second-order valence-electron chi connectivity index (χ2n) is 3.05. The number of carboxylic acid groups (broad SMARTS) is 1. The molecule has 2 N–H and O–H groups in total. The van der Waals surface area contributed by atoms with E-state index >= 15 is 0 Å². The highest BCUT2D eigenvalue weighted by Gasteiger charge is 2.06. The predicted octanol–water partition coefficient (Wildman–Crippen LogP) is -1.25. The zero-order chi connectivity index (χ0) is 12.7. The largest absolute Gasteiger partial charge is 0.530 e. The molecule has 1 heterocycles. The normalized spacial score (nSPS) is 9.47. The van der Waals surface area contributed by atoms with Crippen molar-refractivity contribution in [3.63, 3.8) is 0 Å². The lowest BCUT2D eigenvalue weighted by molar-refractivity contribution is -0.250. The van der Waals surface area contributed by atoms with Gasteiger partial charge < -0.3 is 25.3 Å². The molecule has 0 spiro atoms. The summed E-state index contributed by atoms with van der Waals surface area (Å²) in [6.45, 7) is 0.240. The van der Waals surface area contributed by atoms with E-state index in [1.807, 2.05) is 5.32 Å². The van der Waals surface area contributed by atoms with Gasteiger partial charge in [-0.2, -0.15) is 0 Å². The Morgan fingerprint density at radius 2 is 2.12 bits per heavy atom. The molecule has 7 nitrogen and oxygen atoms in total. The molecule has 2 amide bonds. The molecular formula is C10H12N3O4-. The van der Waals surface area contributed by atoms with Crippen LogP contribution in [0.5, 0.6) is 5.75 Å². The van der Waals surface area contributed by atoms with Crippen molar-refractivity contribution in [1.82, 2.24) is 15.6 Å². The number of nitrogens with one attached hydrogen (secondary N) is 2. The highest BCUT2D eigenvalue weighted by atomic mass is 16.5. The lowest BCUT2D eigenvalue weighted by atomic mass is 10.3. The average molecular weight is 238 g/mol. The van der Waals surface area contributed by atoms with Gasteiger partial charge in [0, 0.05) is 25.4 Å². The molecule has 0 fully saturated rings. The first-order valence-corrected chi connectivity index (χ1v) is 4.86. The number of amides is 2. The van der Waals surface area contributed by atoms with Gasteiger partial charge >= 0.3 is 0 Å². The third-order valence-corrected chi connectivity index (χ3v) is 1.88. The first-order chi connectivity index (χ1) is 8.13. The number of methoxy groups -OCH3 is 1. The Balaban J connectivity index is 2.43. The number of pyridine rings is 1. The van der Waals surface area contributed by atoms with Crippen LogP contribution < -0.4 is 20.5 Å². The third-order valence-electron chi connectivity index (χ3n) is 1.88. The summed E-state index contributed by atoms with van der Waals surface area (Å²) in [5, 5.41) is 14.5. The summed E-state index contributed by atoms with van der Waals surface area (Å²) in [6, 6.07) is 3.11. The van der Waals surface area contributed by atoms with Gasteiger partial charge in [0.2, 0.25) is 0 Å². The molecule has 1 rings (SSSR count). The summed E-state index contributed by atoms with van der Waals surface area (Å²) in [5.41, 5.74) is 0.206. The first kappa shape index (κ1) is 12.8. The van der Waals surface area contributed by atoms with Gasteiger partial charge in [-0.25, -0.2) is 0 Å². The lowest BCUT2D eigenvalue weighted by Gasteiger charge is -2.08. The van der Waals surface area contributed by atoms with Gasteiger partial charge in [0.25, 0.3) is 5.91 Å². The molecule has 1 aromatic rings. The second-order valence-corrected chi connectivity index (χ2v) is 3.05. The number of nitrogens with zero attached hydrogens (tertiary/aromatic N) is 1. The SMILES string of the molecule is COc1ccnc(C(=O)NCCNC(=O)[O-])c1. The quantitative estimate of drug-likeness (QED) is 0.624. The summed E-state index contributed by atoms with van der Waals surface area (Å²) in [7, 11) is 1.49. The highest BCUT2D eigenvalue weighted by Crippen LogP contribution is 2.09. The van der Waals surface area contributed by atoms with Gasteiger partial charge in [-0.1, -0.05) is 0 Å². The Labute approximate surface area is 97.8 Å². The summed E-state index contributed by atoms with van der Waals surface area (Å²) in [5.74, 6) is 0.127. The number of carbonyl (C=O) groups is 2. The Hall–Kier alpha value is -2.31. The van der Waals surface area contributed by atoms with Crippen LogP contribution >= 0.6 is 0 Å². The number of ether oxygens (including phenoxy) is 1. The molecule has 0 aliphatic rings. The van der Waals surface area contributed by atoms with E-state index < -0.39 is 12.0 Å². The fourth-order valence-electron chi connectivity index (χ4n) is 1.09. The summed E-state index contributed by atoms with van der Waals surface area (Å²) < 4.78 is 4.94. The molecule has 0 saturated carbocycles. The van der Waals surface area contributed by atoms with Crippen molar-refractivity contribution in [2.24, 2.45) is 0 Å². The van der Waals surface area contributed by atoms with Crippen molar-refractivity contribution < 1.29 is 19.4 Å². The Bertz CT molecular complexity index is 408. The minimum atomic E-state index is -1.38. The predicted molar refractivity (Wildman–Crippen MR) is 56.5 cm³/mol. The van der Waals surface area contributed by atoms with E-state index in [-0.39, 0.29) is 18.8 Å². The number of hydrogen-bond acceptors (Lipinski definition) is 5. The molecule has 0 aromatic carbocycles. The van der Waals surface area contributed by atoms with Crippen LogP contribution in [0.1, 0.15) is 10.5 Å². The summed E-state index contributed by atoms with van der Waals surface area (Å²) in [4.78, 5) is 25.4. The van der Waals surface area contributed by atoms with Crippen LogP contribution in [0, 0.1) is 0 Å². The van der Waals surface area contributed by atoms with Crippen LogP contribution in [0.3, 0.4) is 0 Å². The van der Waals surface area contributed by atoms with Crippen LogP contribution in [0.25, 0.3) is 0 Å². The number of aromatic nitrogens is 1. The van der Waals surface area contributed by atoms with E-state index in [1.54, 1.807) is 6.07 Å². The zero-order valence-electron chi connectivity index (χ0n) is 9.23. The smallest absolute Gasteiger partial charge is 0.270 e. The van der Waals surface area contributed by atoms with Gasteiger partial charge in [-0.3, -0.25) is 9.78 Å². The Morgan fingerprint density at radius 3 is 2.76 bits per heavy atom. The van der Waals surface area contributed by atoms with E-state index in [4.69, 9.17) is 4.74 Å². The van der Waals surface area contributed by atoms with Gasteiger partial charge in [0.15, 0.2) is 0 Å². The number of hydrogen-bond donors (Lipinski definition) is 2. The van der Waals surface area contributed by atoms with E-state index in [9.17, 15) is 14.7 Å². The van der Waals surface area contributed by atoms with Crippen LogP contribution in [0.4, 0.5) is 4.79 Å². The first-order valence-electron chi connectivity index (χ1n) is 4.86. The maximum atomic E-state index is 11.5. The fraction of sp³-hybridized carbons (Fsp3) is 0.300. The number of carbonyl (C=O) groups excluding carboxylic acids is 2. The standard InChI is InChI=1S/C10H13N3O4/c1-17-7-2-3-11-8(6-7)9(14)12-4-5-13-10(15)16/h2-3,6,13H,4-5H2,1H3,(H,12,14)(H,15,16)/p-1. The molecule has 17 heavy (non-hydrogen) atoms.